The number of aryl methyl sites for hydroxylation is 2. The van der Waals surface area contributed by atoms with Crippen molar-refractivity contribution in [2.24, 2.45) is 0 Å². The SMILES string of the molecule is OC(COc1cccc2nccc(C(F)(F)F)c12)CN1CCN(C2c3ccccc3CCc3ccccc32)CC1. The van der Waals surface area contributed by atoms with Gasteiger partial charge in [-0.15, -0.1) is 0 Å². The molecule has 0 amide bonds. The van der Waals surface area contributed by atoms with Gasteiger partial charge in [0.15, 0.2) is 0 Å². The minimum absolute atomic E-state index is 0.0764. The van der Waals surface area contributed by atoms with Crippen LogP contribution < -0.4 is 4.74 Å². The Morgan fingerprint density at radius 2 is 1.50 bits per heavy atom. The molecule has 1 aliphatic carbocycles. The summed E-state index contributed by atoms with van der Waals surface area (Å²) in [6.45, 7) is 3.56. The molecule has 5 nitrogen and oxygen atoms in total. The predicted octanol–water partition coefficient (Wildman–Crippen LogP) is 5.50. The largest absolute Gasteiger partial charge is 0.490 e. The number of aliphatic hydroxyl groups excluding tert-OH is 1. The van der Waals surface area contributed by atoms with E-state index in [4.69, 9.17) is 4.74 Å². The summed E-state index contributed by atoms with van der Waals surface area (Å²) < 4.78 is 46.6. The van der Waals surface area contributed by atoms with E-state index in [0.29, 0.717) is 6.54 Å². The maximum absolute atomic E-state index is 13.6. The Morgan fingerprint density at radius 1 is 0.850 bits per heavy atom. The lowest BCUT2D eigenvalue weighted by Crippen LogP contribution is -2.50. The first-order chi connectivity index (χ1) is 19.4. The molecule has 1 N–H and O–H groups in total. The Morgan fingerprint density at radius 3 is 2.15 bits per heavy atom. The molecular weight excluding hydrogens is 515 g/mol. The van der Waals surface area contributed by atoms with Crippen LogP contribution in [-0.2, 0) is 19.0 Å². The first-order valence-electron chi connectivity index (χ1n) is 13.8. The van der Waals surface area contributed by atoms with Gasteiger partial charge in [-0.1, -0.05) is 54.6 Å². The van der Waals surface area contributed by atoms with Gasteiger partial charge in [0.2, 0.25) is 0 Å². The summed E-state index contributed by atoms with van der Waals surface area (Å²) in [5.74, 6) is 0.0764. The van der Waals surface area contributed by atoms with Crippen LogP contribution in [-0.4, -0.2) is 65.3 Å². The third-order valence-corrected chi connectivity index (χ3v) is 8.07. The van der Waals surface area contributed by atoms with Crippen molar-refractivity contribution < 1.29 is 23.0 Å². The quantitative estimate of drug-likeness (QED) is 0.346. The molecule has 208 valence electrons. The standard InChI is InChI=1S/C32H32F3N3O2/c33-32(34,35)27-14-15-36-28-10-5-11-29(30(27)28)40-21-24(39)20-37-16-18-38(19-17-37)31-25-8-3-1-6-22(25)12-13-23-7-2-4-9-26(23)31/h1-11,14-15,24,31,39H,12-13,16-21H2. The Bertz CT molecular complexity index is 1430. The van der Waals surface area contributed by atoms with Crippen molar-refractivity contribution in [1.29, 1.82) is 0 Å². The Balaban J connectivity index is 1.11. The van der Waals surface area contributed by atoms with Crippen LogP contribution in [0.25, 0.3) is 10.9 Å². The van der Waals surface area contributed by atoms with E-state index in [9.17, 15) is 18.3 Å². The second kappa shape index (κ2) is 11.2. The van der Waals surface area contributed by atoms with E-state index in [1.165, 1.54) is 34.4 Å². The highest BCUT2D eigenvalue weighted by Crippen LogP contribution is 2.39. The lowest BCUT2D eigenvalue weighted by atomic mass is 9.92. The number of hydrogen-bond donors (Lipinski definition) is 1. The minimum atomic E-state index is -4.53. The first kappa shape index (κ1) is 26.7. The molecule has 1 saturated heterocycles. The molecule has 8 heteroatoms. The molecule has 0 spiro atoms. The molecule has 1 aliphatic heterocycles. The van der Waals surface area contributed by atoms with E-state index in [1.54, 1.807) is 6.07 Å². The molecule has 3 aromatic carbocycles. The van der Waals surface area contributed by atoms with Crippen molar-refractivity contribution in [3.05, 3.63) is 107 Å². The molecule has 0 radical (unpaired) electrons. The molecule has 0 bridgehead atoms. The number of aliphatic hydroxyl groups is 1. The van der Waals surface area contributed by atoms with Gasteiger partial charge in [0.05, 0.1) is 22.5 Å². The third-order valence-electron chi connectivity index (χ3n) is 8.07. The number of ether oxygens (including phenoxy) is 1. The summed E-state index contributed by atoms with van der Waals surface area (Å²) in [5.41, 5.74) is 4.96. The highest BCUT2D eigenvalue weighted by atomic mass is 19.4. The van der Waals surface area contributed by atoms with Gasteiger partial charge in [-0.05, 0) is 53.3 Å². The molecule has 1 atom stereocenters. The molecule has 4 aromatic rings. The topological polar surface area (TPSA) is 48.8 Å². The lowest BCUT2D eigenvalue weighted by molar-refractivity contribution is -0.136. The number of halogens is 3. The summed E-state index contributed by atoms with van der Waals surface area (Å²) in [5, 5.41) is 10.7. The van der Waals surface area contributed by atoms with Gasteiger partial charge >= 0.3 is 6.18 Å². The average Bonchev–Trinajstić information content (AvgIpc) is 3.13. The Labute approximate surface area is 231 Å². The van der Waals surface area contributed by atoms with Crippen LogP contribution in [0.3, 0.4) is 0 Å². The maximum atomic E-state index is 13.6. The van der Waals surface area contributed by atoms with E-state index < -0.39 is 17.8 Å². The zero-order chi connectivity index (χ0) is 27.7. The normalized spacial score (nSPS) is 17.7. The van der Waals surface area contributed by atoms with Gasteiger partial charge in [-0.25, -0.2) is 0 Å². The Hall–Kier alpha value is -3.46. The third kappa shape index (κ3) is 5.44. The van der Waals surface area contributed by atoms with Crippen molar-refractivity contribution in [3.63, 3.8) is 0 Å². The minimum Gasteiger partial charge on any atom is -0.490 e. The summed E-state index contributed by atoms with van der Waals surface area (Å²) >= 11 is 0. The van der Waals surface area contributed by atoms with Gasteiger partial charge in [0.1, 0.15) is 18.5 Å². The molecule has 40 heavy (non-hydrogen) atoms. The predicted molar refractivity (Wildman–Crippen MR) is 148 cm³/mol. The summed E-state index contributed by atoms with van der Waals surface area (Å²) in [6, 6.07) is 23.2. The number of hydrogen-bond acceptors (Lipinski definition) is 5. The Kier molecular flexibility index (Phi) is 7.49. The second-order valence-corrected chi connectivity index (χ2v) is 10.6. The molecule has 6 rings (SSSR count). The second-order valence-electron chi connectivity index (χ2n) is 10.6. The monoisotopic (exact) mass is 547 g/mol. The van der Waals surface area contributed by atoms with Crippen LogP contribution >= 0.6 is 0 Å². The zero-order valence-electron chi connectivity index (χ0n) is 22.1. The number of β-amino-alcohol motifs (C(OH)–C–C–N with tert-alkyl or cyclic N) is 1. The zero-order valence-corrected chi connectivity index (χ0v) is 22.1. The van der Waals surface area contributed by atoms with E-state index in [2.05, 4.69) is 63.3 Å². The summed E-state index contributed by atoms with van der Waals surface area (Å²) in [7, 11) is 0. The van der Waals surface area contributed by atoms with Gasteiger partial charge in [0.25, 0.3) is 0 Å². The fourth-order valence-electron chi connectivity index (χ4n) is 6.16. The first-order valence-corrected chi connectivity index (χ1v) is 13.8. The summed E-state index contributed by atoms with van der Waals surface area (Å²) in [4.78, 5) is 8.79. The van der Waals surface area contributed by atoms with E-state index in [1.807, 2.05) is 0 Å². The van der Waals surface area contributed by atoms with Crippen molar-refractivity contribution >= 4 is 10.9 Å². The number of aromatic nitrogens is 1. The molecule has 0 saturated carbocycles. The maximum Gasteiger partial charge on any atom is 0.417 e. The van der Waals surface area contributed by atoms with Crippen LogP contribution in [0.15, 0.2) is 79.0 Å². The highest BCUT2D eigenvalue weighted by Gasteiger charge is 2.34. The summed E-state index contributed by atoms with van der Waals surface area (Å²) in [6.07, 6.45) is -2.15. The van der Waals surface area contributed by atoms with E-state index in [-0.39, 0.29) is 29.3 Å². The van der Waals surface area contributed by atoms with Crippen LogP contribution in [0.1, 0.15) is 33.9 Å². The highest BCUT2D eigenvalue weighted by molar-refractivity contribution is 5.88. The van der Waals surface area contributed by atoms with Gasteiger partial charge in [-0.3, -0.25) is 14.8 Å². The van der Waals surface area contributed by atoms with Gasteiger partial charge in [-0.2, -0.15) is 13.2 Å². The van der Waals surface area contributed by atoms with Crippen molar-refractivity contribution in [2.45, 2.75) is 31.2 Å². The number of rotatable bonds is 6. The number of benzene rings is 3. The number of nitrogens with zero attached hydrogens (tertiary/aromatic N) is 3. The molecule has 2 heterocycles. The molecule has 1 fully saturated rings. The lowest BCUT2D eigenvalue weighted by Gasteiger charge is -2.40. The molecular formula is C32H32F3N3O2. The van der Waals surface area contributed by atoms with Crippen molar-refractivity contribution in [2.75, 3.05) is 39.3 Å². The van der Waals surface area contributed by atoms with Crippen molar-refractivity contribution in [3.8, 4) is 5.75 Å². The van der Waals surface area contributed by atoms with Crippen molar-refractivity contribution in [1.82, 2.24) is 14.8 Å². The number of pyridine rings is 1. The number of fused-ring (bicyclic) bond motifs is 3. The smallest absolute Gasteiger partial charge is 0.417 e. The fraction of sp³-hybridized carbons (Fsp3) is 0.344. The van der Waals surface area contributed by atoms with E-state index >= 15 is 0 Å². The number of alkyl halides is 3. The fourth-order valence-corrected chi connectivity index (χ4v) is 6.16. The van der Waals surface area contributed by atoms with Crippen LogP contribution in [0.4, 0.5) is 13.2 Å². The van der Waals surface area contributed by atoms with Gasteiger partial charge < -0.3 is 9.84 Å². The average molecular weight is 548 g/mol. The van der Waals surface area contributed by atoms with Crippen LogP contribution in [0, 0.1) is 0 Å². The van der Waals surface area contributed by atoms with Gasteiger partial charge in [0, 0.05) is 38.9 Å². The van der Waals surface area contributed by atoms with Crippen LogP contribution in [0.2, 0.25) is 0 Å². The van der Waals surface area contributed by atoms with E-state index in [0.717, 1.165) is 51.3 Å². The number of piperazine rings is 1. The molecule has 1 unspecified atom stereocenters. The molecule has 2 aliphatic rings. The molecule has 1 aromatic heterocycles. The van der Waals surface area contributed by atoms with Crippen LogP contribution in [0.5, 0.6) is 5.75 Å².